The van der Waals surface area contributed by atoms with Gasteiger partial charge in [0.05, 0.1) is 4.90 Å². The molecule has 9 heteroatoms. The van der Waals surface area contributed by atoms with Crippen LogP contribution in [-0.2, 0) is 21.2 Å². The summed E-state index contributed by atoms with van der Waals surface area (Å²) in [6.45, 7) is 7.68. The topological polar surface area (TPSA) is 115 Å². The van der Waals surface area contributed by atoms with E-state index in [4.69, 9.17) is 10.5 Å². The standard InChI is InChI=1S/C25H32N4O4S/c1-18(28-34(31,32)21-10-11-22-20(16-21)12-14-27-23(22)26)17-29(24(30)33-25(2,3)4)15-13-19-8-6-5-7-9-19/h5-12,14,16,18,28H,13,15,17H2,1-4H3,(H2,26,27)/t18-/m1/s1. The number of nitrogens with one attached hydrogen (secondary N) is 1. The molecule has 0 saturated heterocycles. The van der Waals surface area contributed by atoms with Crippen molar-refractivity contribution in [1.82, 2.24) is 14.6 Å². The predicted octanol–water partition coefficient (Wildman–Crippen LogP) is 3.96. The summed E-state index contributed by atoms with van der Waals surface area (Å²) >= 11 is 0. The van der Waals surface area contributed by atoms with Crippen LogP contribution in [0.4, 0.5) is 10.6 Å². The summed E-state index contributed by atoms with van der Waals surface area (Å²) in [7, 11) is -3.83. The SMILES string of the molecule is C[C@H](CN(CCc1ccccc1)C(=O)OC(C)(C)C)NS(=O)(=O)c1ccc2c(N)nccc2c1. The lowest BCUT2D eigenvalue weighted by atomic mass is 10.1. The van der Waals surface area contributed by atoms with E-state index in [1.54, 1.807) is 45.9 Å². The summed E-state index contributed by atoms with van der Waals surface area (Å²) in [5, 5.41) is 1.37. The normalized spacial score (nSPS) is 12.9. The number of nitrogens with zero attached hydrogens (tertiary/aromatic N) is 2. The molecule has 3 N–H and O–H groups in total. The Hall–Kier alpha value is -3.17. The second-order valence-electron chi connectivity index (χ2n) is 9.26. The molecule has 0 radical (unpaired) electrons. The van der Waals surface area contributed by atoms with E-state index in [1.165, 1.54) is 17.2 Å². The molecule has 1 amide bonds. The molecule has 3 rings (SSSR count). The number of amides is 1. The zero-order chi connectivity index (χ0) is 24.9. The van der Waals surface area contributed by atoms with Crippen LogP contribution in [0.25, 0.3) is 10.8 Å². The number of carbonyl (C=O) groups is 1. The van der Waals surface area contributed by atoms with E-state index in [1.807, 2.05) is 30.3 Å². The van der Waals surface area contributed by atoms with Gasteiger partial charge in [0.25, 0.3) is 0 Å². The Morgan fingerprint density at radius 2 is 1.85 bits per heavy atom. The van der Waals surface area contributed by atoms with E-state index < -0.39 is 27.8 Å². The quantitative estimate of drug-likeness (QED) is 0.500. The molecule has 0 saturated carbocycles. The van der Waals surface area contributed by atoms with Gasteiger partial charge in [-0.25, -0.2) is 22.9 Å². The highest BCUT2D eigenvalue weighted by molar-refractivity contribution is 7.89. The molecule has 1 aromatic heterocycles. The van der Waals surface area contributed by atoms with Crippen molar-refractivity contribution in [2.45, 2.75) is 50.7 Å². The van der Waals surface area contributed by atoms with E-state index in [2.05, 4.69) is 9.71 Å². The summed E-state index contributed by atoms with van der Waals surface area (Å²) in [4.78, 5) is 18.5. The highest BCUT2D eigenvalue weighted by atomic mass is 32.2. The smallest absolute Gasteiger partial charge is 0.410 e. The molecule has 34 heavy (non-hydrogen) atoms. The first kappa shape index (κ1) is 25.5. The zero-order valence-corrected chi connectivity index (χ0v) is 20.8. The van der Waals surface area contributed by atoms with Crippen molar-refractivity contribution in [1.29, 1.82) is 0 Å². The summed E-state index contributed by atoms with van der Waals surface area (Å²) in [6, 6.07) is 15.7. The van der Waals surface area contributed by atoms with E-state index in [0.29, 0.717) is 29.6 Å². The average Bonchev–Trinajstić information content (AvgIpc) is 2.75. The molecule has 0 fully saturated rings. The van der Waals surface area contributed by atoms with Crippen LogP contribution in [0.3, 0.4) is 0 Å². The minimum absolute atomic E-state index is 0.116. The van der Waals surface area contributed by atoms with Crippen LogP contribution in [-0.4, -0.2) is 49.1 Å². The molecule has 182 valence electrons. The molecule has 8 nitrogen and oxygen atoms in total. The number of hydrogen-bond donors (Lipinski definition) is 2. The maximum atomic E-state index is 13.0. The Labute approximate surface area is 201 Å². The number of fused-ring (bicyclic) bond motifs is 1. The molecule has 1 heterocycles. The third-order valence-corrected chi connectivity index (χ3v) is 6.68. The van der Waals surface area contributed by atoms with Crippen LogP contribution in [0, 0.1) is 0 Å². The van der Waals surface area contributed by atoms with E-state index in [-0.39, 0.29) is 11.4 Å². The highest BCUT2D eigenvalue weighted by Gasteiger charge is 2.25. The molecule has 0 aliphatic rings. The van der Waals surface area contributed by atoms with Gasteiger partial charge in [0.1, 0.15) is 11.4 Å². The molecule has 1 atom stereocenters. The fourth-order valence-electron chi connectivity index (χ4n) is 3.54. The van der Waals surface area contributed by atoms with Gasteiger partial charge in [0.15, 0.2) is 0 Å². The number of ether oxygens (including phenoxy) is 1. The first-order valence-electron chi connectivity index (χ1n) is 11.1. The van der Waals surface area contributed by atoms with E-state index in [0.717, 1.165) is 5.56 Å². The molecule has 3 aromatic rings. The van der Waals surface area contributed by atoms with Crippen LogP contribution < -0.4 is 10.5 Å². The number of carbonyl (C=O) groups excluding carboxylic acids is 1. The minimum Gasteiger partial charge on any atom is -0.444 e. The third-order valence-electron chi connectivity index (χ3n) is 5.09. The number of aromatic nitrogens is 1. The van der Waals surface area contributed by atoms with Crippen molar-refractivity contribution < 1.29 is 17.9 Å². The highest BCUT2D eigenvalue weighted by Crippen LogP contribution is 2.22. The number of pyridine rings is 1. The lowest BCUT2D eigenvalue weighted by Gasteiger charge is -2.29. The summed E-state index contributed by atoms with van der Waals surface area (Å²) in [6.07, 6.45) is 1.68. The van der Waals surface area contributed by atoms with Gasteiger partial charge in [-0.15, -0.1) is 0 Å². The fourth-order valence-corrected chi connectivity index (χ4v) is 4.81. The van der Waals surface area contributed by atoms with Crippen LogP contribution in [0.15, 0.2) is 65.7 Å². The molecule has 0 bridgehead atoms. The second kappa shape index (κ2) is 10.4. The molecule has 0 aliphatic heterocycles. The Balaban J connectivity index is 1.74. The second-order valence-corrected chi connectivity index (χ2v) is 11.0. The molecule has 0 aliphatic carbocycles. The summed E-state index contributed by atoms with van der Waals surface area (Å²) in [5.41, 5.74) is 6.29. The number of sulfonamides is 1. The maximum Gasteiger partial charge on any atom is 0.410 e. The lowest BCUT2D eigenvalue weighted by molar-refractivity contribution is 0.0241. The Bertz CT molecular complexity index is 1240. The lowest BCUT2D eigenvalue weighted by Crippen LogP contribution is -2.46. The monoisotopic (exact) mass is 484 g/mol. The molecular weight excluding hydrogens is 452 g/mol. The van der Waals surface area contributed by atoms with Gasteiger partial charge in [-0.2, -0.15) is 0 Å². The van der Waals surface area contributed by atoms with Gasteiger partial charge in [0.2, 0.25) is 10.0 Å². The Morgan fingerprint density at radius 3 is 2.53 bits per heavy atom. The molecule has 2 aromatic carbocycles. The van der Waals surface area contributed by atoms with Crippen molar-refractivity contribution >= 4 is 32.7 Å². The molecule has 0 unspecified atom stereocenters. The van der Waals surface area contributed by atoms with Gasteiger partial charge < -0.3 is 15.4 Å². The van der Waals surface area contributed by atoms with Crippen molar-refractivity contribution in [2.75, 3.05) is 18.8 Å². The fraction of sp³-hybridized carbons (Fsp3) is 0.360. The third kappa shape index (κ3) is 6.91. The van der Waals surface area contributed by atoms with Crippen molar-refractivity contribution in [2.24, 2.45) is 0 Å². The van der Waals surface area contributed by atoms with Crippen molar-refractivity contribution in [3.8, 4) is 0 Å². The van der Waals surface area contributed by atoms with Crippen LogP contribution >= 0.6 is 0 Å². The number of anilines is 1. The Morgan fingerprint density at radius 1 is 1.15 bits per heavy atom. The number of nitrogens with two attached hydrogens (primary N) is 1. The van der Waals surface area contributed by atoms with Crippen LogP contribution in [0.1, 0.15) is 33.3 Å². The van der Waals surface area contributed by atoms with Gasteiger partial charge in [-0.1, -0.05) is 30.3 Å². The Kier molecular flexibility index (Phi) is 7.78. The number of rotatable bonds is 8. The molecule has 0 spiro atoms. The zero-order valence-electron chi connectivity index (χ0n) is 20.0. The van der Waals surface area contributed by atoms with Crippen LogP contribution in [0.5, 0.6) is 0 Å². The number of hydrogen-bond acceptors (Lipinski definition) is 6. The van der Waals surface area contributed by atoms with E-state index in [9.17, 15) is 13.2 Å². The van der Waals surface area contributed by atoms with E-state index >= 15 is 0 Å². The largest absolute Gasteiger partial charge is 0.444 e. The van der Waals surface area contributed by atoms with Gasteiger partial charge in [0, 0.05) is 30.7 Å². The first-order chi connectivity index (χ1) is 15.9. The maximum absolute atomic E-state index is 13.0. The summed E-state index contributed by atoms with van der Waals surface area (Å²) < 4.78 is 34.3. The molecular formula is C25H32N4O4S. The predicted molar refractivity (Wildman–Crippen MR) is 134 cm³/mol. The van der Waals surface area contributed by atoms with Crippen molar-refractivity contribution in [3.63, 3.8) is 0 Å². The average molecular weight is 485 g/mol. The van der Waals surface area contributed by atoms with Crippen LogP contribution in [0.2, 0.25) is 0 Å². The van der Waals surface area contributed by atoms with Gasteiger partial charge in [-0.05, 0) is 69.3 Å². The van der Waals surface area contributed by atoms with Crippen molar-refractivity contribution in [3.05, 3.63) is 66.4 Å². The first-order valence-corrected chi connectivity index (χ1v) is 12.6. The minimum atomic E-state index is -3.83. The van der Waals surface area contributed by atoms with Gasteiger partial charge >= 0.3 is 6.09 Å². The number of benzene rings is 2. The summed E-state index contributed by atoms with van der Waals surface area (Å²) in [5.74, 6) is 0.342. The van der Waals surface area contributed by atoms with Gasteiger partial charge in [-0.3, -0.25) is 0 Å². The number of nitrogen functional groups attached to an aromatic ring is 1.